The first-order chi connectivity index (χ1) is 9.56. The fourth-order valence-corrected chi connectivity index (χ4v) is 2.71. The molecule has 0 radical (unpaired) electrons. The van der Waals surface area contributed by atoms with E-state index in [1.807, 2.05) is 26.0 Å². The predicted octanol–water partition coefficient (Wildman–Crippen LogP) is 2.57. The van der Waals surface area contributed by atoms with Crippen LogP contribution in [0.2, 0.25) is 0 Å². The molecule has 0 unspecified atom stereocenters. The highest BCUT2D eigenvalue weighted by molar-refractivity contribution is 7.80. The first-order valence-corrected chi connectivity index (χ1v) is 7.44. The Morgan fingerprint density at radius 1 is 1.40 bits per heavy atom. The zero-order valence-corrected chi connectivity index (χ0v) is 13.0. The number of aromatic nitrogens is 1. The van der Waals surface area contributed by atoms with Gasteiger partial charge in [0.2, 0.25) is 5.91 Å². The Hall–Kier alpha value is -1.49. The minimum Gasteiger partial charge on any atom is -0.392 e. The first kappa shape index (κ1) is 16.6. The number of thiocarbonyl (C=S) groups is 1. The maximum absolute atomic E-state index is 12.6. The van der Waals surface area contributed by atoms with Gasteiger partial charge in [0.15, 0.2) is 0 Å². The molecule has 0 saturated heterocycles. The average molecular weight is 293 g/mol. The van der Waals surface area contributed by atoms with Crippen LogP contribution in [0.1, 0.15) is 45.1 Å². The van der Waals surface area contributed by atoms with Gasteiger partial charge in [-0.15, -0.1) is 0 Å². The van der Waals surface area contributed by atoms with Gasteiger partial charge >= 0.3 is 0 Å². The topological polar surface area (TPSA) is 68.0 Å². The highest BCUT2D eigenvalue weighted by Gasteiger charge is 2.39. The minimum atomic E-state index is -0.721. The van der Waals surface area contributed by atoms with E-state index >= 15 is 0 Å². The van der Waals surface area contributed by atoms with E-state index in [0.717, 1.165) is 18.4 Å². The first-order valence-electron chi connectivity index (χ1n) is 7.04. The summed E-state index contributed by atoms with van der Waals surface area (Å²) in [4.78, 5) is 16.9. The molecule has 1 aromatic rings. The highest BCUT2D eigenvalue weighted by atomic mass is 32.1. The van der Waals surface area contributed by atoms with Crippen molar-refractivity contribution in [1.29, 1.82) is 0 Å². The van der Waals surface area contributed by atoms with Crippen LogP contribution in [0.15, 0.2) is 24.5 Å². The molecular formula is C15H23N3OS. The van der Waals surface area contributed by atoms with Crippen molar-refractivity contribution in [1.82, 2.24) is 10.3 Å². The van der Waals surface area contributed by atoms with Gasteiger partial charge in [0.1, 0.15) is 0 Å². The van der Waals surface area contributed by atoms with Crippen LogP contribution in [0.25, 0.3) is 0 Å². The van der Waals surface area contributed by atoms with Crippen molar-refractivity contribution in [3.63, 3.8) is 0 Å². The zero-order chi connectivity index (χ0) is 15.0. The van der Waals surface area contributed by atoms with Gasteiger partial charge in [-0.1, -0.05) is 45.0 Å². The Kier molecular flexibility index (Phi) is 6.58. The summed E-state index contributed by atoms with van der Waals surface area (Å²) < 4.78 is 0. The molecule has 0 bridgehead atoms. The van der Waals surface area contributed by atoms with Crippen LogP contribution >= 0.6 is 12.2 Å². The summed E-state index contributed by atoms with van der Waals surface area (Å²) in [7, 11) is 0. The lowest BCUT2D eigenvalue weighted by atomic mass is 9.78. The van der Waals surface area contributed by atoms with E-state index in [0.29, 0.717) is 24.4 Å². The van der Waals surface area contributed by atoms with E-state index in [1.165, 1.54) is 0 Å². The fraction of sp³-hybridized carbons (Fsp3) is 0.533. The third-order valence-electron chi connectivity index (χ3n) is 3.44. The quantitative estimate of drug-likeness (QED) is 0.723. The smallest absolute Gasteiger partial charge is 0.233 e. The number of nitrogens with zero attached hydrogens (tertiary/aromatic N) is 1. The van der Waals surface area contributed by atoms with Crippen molar-refractivity contribution in [2.45, 2.75) is 46.1 Å². The molecule has 0 aliphatic carbocycles. The maximum Gasteiger partial charge on any atom is 0.233 e. The Balaban J connectivity index is 2.80. The average Bonchev–Trinajstić information content (AvgIpc) is 2.45. The van der Waals surface area contributed by atoms with E-state index in [2.05, 4.69) is 10.3 Å². The van der Waals surface area contributed by atoms with Gasteiger partial charge in [-0.05, 0) is 24.5 Å². The molecule has 0 atom stereocenters. The van der Waals surface area contributed by atoms with Gasteiger partial charge in [0.25, 0.3) is 0 Å². The van der Waals surface area contributed by atoms with E-state index in [4.69, 9.17) is 18.0 Å². The zero-order valence-electron chi connectivity index (χ0n) is 12.2. The standard InChI is InChI=1S/C15H23N3OS/c1-3-7-15(8-4-2,13(16)20)14(19)18-11-12-6-5-9-17-10-12/h5-6,9-10H,3-4,7-8,11H2,1-2H3,(H2,16,20)(H,18,19). The summed E-state index contributed by atoms with van der Waals surface area (Å²) in [5.74, 6) is -0.0717. The lowest BCUT2D eigenvalue weighted by molar-refractivity contribution is -0.128. The number of rotatable bonds is 8. The summed E-state index contributed by atoms with van der Waals surface area (Å²) in [5, 5.41) is 2.94. The van der Waals surface area contributed by atoms with E-state index in [9.17, 15) is 4.79 Å². The number of hydrogen-bond donors (Lipinski definition) is 2. The normalized spacial score (nSPS) is 11.1. The fourth-order valence-electron chi connectivity index (χ4n) is 2.42. The van der Waals surface area contributed by atoms with Gasteiger partial charge in [0, 0.05) is 18.9 Å². The van der Waals surface area contributed by atoms with Crippen LogP contribution in [0.5, 0.6) is 0 Å². The van der Waals surface area contributed by atoms with E-state index < -0.39 is 5.41 Å². The summed E-state index contributed by atoms with van der Waals surface area (Å²) in [6.07, 6.45) is 6.57. The molecule has 0 aromatic carbocycles. The lowest BCUT2D eigenvalue weighted by Crippen LogP contribution is -2.48. The maximum atomic E-state index is 12.6. The summed E-state index contributed by atoms with van der Waals surface area (Å²) in [6, 6.07) is 3.77. The Labute approximate surface area is 126 Å². The number of carbonyl (C=O) groups excluding carboxylic acids is 1. The van der Waals surface area contributed by atoms with Gasteiger partial charge in [-0.2, -0.15) is 0 Å². The van der Waals surface area contributed by atoms with Crippen molar-refractivity contribution in [2.75, 3.05) is 0 Å². The number of pyridine rings is 1. The Morgan fingerprint density at radius 2 is 2.05 bits per heavy atom. The van der Waals surface area contributed by atoms with E-state index in [1.54, 1.807) is 12.4 Å². The largest absolute Gasteiger partial charge is 0.392 e. The molecule has 0 aliphatic heterocycles. The second-order valence-corrected chi connectivity index (χ2v) is 5.43. The molecule has 1 rings (SSSR count). The second kappa shape index (κ2) is 7.94. The minimum absolute atomic E-state index is 0.0717. The number of carbonyl (C=O) groups is 1. The third-order valence-corrected chi connectivity index (χ3v) is 3.83. The van der Waals surface area contributed by atoms with Gasteiger partial charge < -0.3 is 11.1 Å². The monoisotopic (exact) mass is 293 g/mol. The third kappa shape index (κ3) is 4.00. The van der Waals surface area contributed by atoms with Gasteiger partial charge in [0.05, 0.1) is 10.4 Å². The molecule has 110 valence electrons. The van der Waals surface area contributed by atoms with Crippen molar-refractivity contribution in [3.05, 3.63) is 30.1 Å². The molecule has 0 spiro atoms. The molecule has 4 nitrogen and oxygen atoms in total. The van der Waals surface area contributed by atoms with Crippen molar-refractivity contribution < 1.29 is 4.79 Å². The molecule has 20 heavy (non-hydrogen) atoms. The molecule has 0 aliphatic rings. The molecule has 1 aromatic heterocycles. The summed E-state index contributed by atoms with van der Waals surface area (Å²) in [6.45, 7) is 4.53. The molecule has 3 N–H and O–H groups in total. The van der Waals surface area contributed by atoms with Crippen molar-refractivity contribution in [3.8, 4) is 0 Å². The van der Waals surface area contributed by atoms with Crippen molar-refractivity contribution in [2.24, 2.45) is 11.1 Å². The molecular weight excluding hydrogens is 270 g/mol. The number of nitrogens with two attached hydrogens (primary N) is 1. The van der Waals surface area contributed by atoms with Gasteiger partial charge in [-0.3, -0.25) is 9.78 Å². The molecule has 0 fully saturated rings. The van der Waals surface area contributed by atoms with Crippen LogP contribution in [-0.4, -0.2) is 15.9 Å². The van der Waals surface area contributed by atoms with Crippen LogP contribution in [0.3, 0.4) is 0 Å². The van der Waals surface area contributed by atoms with Crippen molar-refractivity contribution >= 4 is 23.1 Å². The highest BCUT2D eigenvalue weighted by Crippen LogP contribution is 2.31. The molecule has 0 saturated carbocycles. The van der Waals surface area contributed by atoms with Crippen LogP contribution in [0.4, 0.5) is 0 Å². The predicted molar refractivity (Wildman–Crippen MR) is 85.1 cm³/mol. The van der Waals surface area contributed by atoms with Crippen LogP contribution in [0, 0.1) is 5.41 Å². The second-order valence-electron chi connectivity index (χ2n) is 4.99. The van der Waals surface area contributed by atoms with Crippen LogP contribution in [-0.2, 0) is 11.3 Å². The number of nitrogens with one attached hydrogen (secondary N) is 1. The summed E-state index contributed by atoms with van der Waals surface area (Å²) >= 11 is 5.17. The van der Waals surface area contributed by atoms with Crippen LogP contribution < -0.4 is 11.1 Å². The Bertz CT molecular complexity index is 442. The summed E-state index contributed by atoms with van der Waals surface area (Å²) in [5.41, 5.74) is 6.11. The lowest BCUT2D eigenvalue weighted by Gasteiger charge is -2.31. The SMILES string of the molecule is CCCC(CCC)(C(=O)NCc1cccnc1)C(N)=S. The van der Waals surface area contributed by atoms with Gasteiger partial charge in [-0.25, -0.2) is 0 Å². The molecule has 1 amide bonds. The Morgan fingerprint density at radius 3 is 2.50 bits per heavy atom. The molecule has 1 heterocycles. The number of amides is 1. The van der Waals surface area contributed by atoms with E-state index in [-0.39, 0.29) is 5.91 Å². The molecule has 5 heteroatoms. The number of hydrogen-bond acceptors (Lipinski definition) is 3.